The topological polar surface area (TPSA) is 70.2 Å². The van der Waals surface area contributed by atoms with E-state index in [4.69, 9.17) is 5.26 Å². The first-order valence-corrected chi connectivity index (χ1v) is 5.12. The number of nitrogens with zero attached hydrogens (tertiary/aromatic N) is 3. The summed E-state index contributed by atoms with van der Waals surface area (Å²) in [4.78, 5) is 11.3. The summed E-state index contributed by atoms with van der Waals surface area (Å²) < 4.78 is 25.7. The molecule has 0 aliphatic carbocycles. The summed E-state index contributed by atoms with van der Waals surface area (Å²) in [6, 6.07) is 5.22. The van der Waals surface area contributed by atoms with E-state index in [0.29, 0.717) is 0 Å². The second-order valence-electron chi connectivity index (χ2n) is 3.63. The van der Waals surface area contributed by atoms with Crippen molar-refractivity contribution in [1.82, 2.24) is 0 Å². The summed E-state index contributed by atoms with van der Waals surface area (Å²) >= 11 is 0. The van der Waals surface area contributed by atoms with Crippen molar-refractivity contribution in [2.45, 2.75) is 12.8 Å². The Balaban J connectivity index is 3.11. The van der Waals surface area contributed by atoms with Gasteiger partial charge in [0.25, 0.3) is 12.1 Å². The smallest absolute Gasteiger partial charge is 0.270 e. The maximum atomic E-state index is 12.8. The van der Waals surface area contributed by atoms with Crippen molar-refractivity contribution < 1.29 is 13.7 Å². The zero-order valence-electron chi connectivity index (χ0n) is 9.64. The zero-order chi connectivity index (χ0) is 13.7. The molecule has 0 aromatic heterocycles. The van der Waals surface area contributed by atoms with Gasteiger partial charge in [0.2, 0.25) is 0 Å². The van der Waals surface area contributed by atoms with Gasteiger partial charge in [-0.05, 0) is 6.07 Å². The maximum Gasteiger partial charge on any atom is 0.270 e. The lowest BCUT2D eigenvalue weighted by Gasteiger charge is -2.20. The summed E-state index contributed by atoms with van der Waals surface area (Å²) in [6.07, 6.45) is -2.61. The fraction of sp³-hybridized carbons (Fsp3) is 0.364. The van der Waals surface area contributed by atoms with E-state index in [0.717, 1.165) is 6.07 Å². The van der Waals surface area contributed by atoms with Crippen LogP contribution >= 0.6 is 0 Å². The lowest BCUT2D eigenvalue weighted by Crippen LogP contribution is -2.19. The van der Waals surface area contributed by atoms with Gasteiger partial charge in [0.05, 0.1) is 17.4 Å². The highest BCUT2D eigenvalue weighted by Gasteiger charge is 2.19. The quantitative estimate of drug-likeness (QED) is 0.599. The number of benzene rings is 1. The standard InChI is InChI=1S/C11H11F2N3O2/c1-15(6-2-5-14)10-4-3-8(16(17)18)7-9(10)11(12)13/h3-4,7,11H,2,6H2,1H3. The molecular formula is C11H11F2N3O2. The highest BCUT2D eigenvalue weighted by molar-refractivity contribution is 5.58. The molecule has 0 aliphatic heterocycles. The molecule has 0 heterocycles. The van der Waals surface area contributed by atoms with Crippen molar-refractivity contribution in [2.75, 3.05) is 18.5 Å². The lowest BCUT2D eigenvalue weighted by molar-refractivity contribution is -0.385. The van der Waals surface area contributed by atoms with Crippen molar-refractivity contribution in [3.05, 3.63) is 33.9 Å². The normalized spacial score (nSPS) is 10.2. The largest absolute Gasteiger partial charge is 0.373 e. The Kier molecular flexibility index (Phi) is 4.54. The van der Waals surface area contributed by atoms with E-state index in [1.54, 1.807) is 7.05 Å². The van der Waals surface area contributed by atoms with E-state index in [9.17, 15) is 18.9 Å². The summed E-state index contributed by atoms with van der Waals surface area (Å²) in [7, 11) is 1.56. The number of rotatable bonds is 5. The SMILES string of the molecule is CN(CCC#N)c1ccc([N+](=O)[O-])cc1C(F)F. The molecule has 0 bridgehead atoms. The summed E-state index contributed by atoms with van der Waals surface area (Å²) in [5, 5.41) is 19.0. The van der Waals surface area contributed by atoms with Gasteiger partial charge in [-0.3, -0.25) is 10.1 Å². The molecule has 1 aromatic carbocycles. The van der Waals surface area contributed by atoms with Crippen LogP contribution in [0.15, 0.2) is 18.2 Å². The van der Waals surface area contributed by atoms with Crippen LogP contribution in [-0.4, -0.2) is 18.5 Å². The average molecular weight is 255 g/mol. The van der Waals surface area contributed by atoms with Crippen LogP contribution in [0.4, 0.5) is 20.2 Å². The van der Waals surface area contributed by atoms with E-state index >= 15 is 0 Å². The van der Waals surface area contributed by atoms with Crippen molar-refractivity contribution >= 4 is 11.4 Å². The third-order valence-electron chi connectivity index (χ3n) is 2.43. The van der Waals surface area contributed by atoms with Gasteiger partial charge in [-0.25, -0.2) is 8.78 Å². The summed E-state index contributed by atoms with van der Waals surface area (Å²) in [5.41, 5.74) is -0.571. The molecule has 18 heavy (non-hydrogen) atoms. The molecule has 0 spiro atoms. The maximum absolute atomic E-state index is 12.8. The van der Waals surface area contributed by atoms with Crippen LogP contribution < -0.4 is 4.90 Å². The number of nitro benzene ring substituents is 1. The molecular weight excluding hydrogens is 244 g/mol. The Bertz CT molecular complexity index is 486. The van der Waals surface area contributed by atoms with Crippen LogP contribution in [-0.2, 0) is 0 Å². The number of hydrogen-bond donors (Lipinski definition) is 0. The Morgan fingerprint density at radius 2 is 2.22 bits per heavy atom. The molecule has 96 valence electrons. The number of nitriles is 1. The van der Waals surface area contributed by atoms with E-state index < -0.39 is 16.9 Å². The molecule has 0 aliphatic rings. The van der Waals surface area contributed by atoms with Gasteiger partial charge >= 0.3 is 0 Å². The number of anilines is 1. The minimum Gasteiger partial charge on any atom is -0.373 e. The van der Waals surface area contributed by atoms with Crippen LogP contribution in [0.1, 0.15) is 18.4 Å². The minimum atomic E-state index is -2.80. The first-order chi connectivity index (χ1) is 8.47. The van der Waals surface area contributed by atoms with Crippen LogP contribution in [0, 0.1) is 21.4 Å². The van der Waals surface area contributed by atoms with Gasteiger partial charge in [0.15, 0.2) is 0 Å². The van der Waals surface area contributed by atoms with Gasteiger partial charge < -0.3 is 4.90 Å². The predicted molar refractivity (Wildman–Crippen MR) is 61.6 cm³/mol. The van der Waals surface area contributed by atoms with Gasteiger partial charge in [-0.15, -0.1) is 0 Å². The van der Waals surface area contributed by atoms with Gasteiger partial charge in [0.1, 0.15) is 0 Å². The third kappa shape index (κ3) is 3.13. The first-order valence-electron chi connectivity index (χ1n) is 5.12. The van der Waals surface area contributed by atoms with Crippen molar-refractivity contribution in [1.29, 1.82) is 5.26 Å². The fourth-order valence-corrected chi connectivity index (χ4v) is 1.52. The molecule has 0 saturated heterocycles. The second-order valence-corrected chi connectivity index (χ2v) is 3.63. The highest BCUT2D eigenvalue weighted by Crippen LogP contribution is 2.32. The monoisotopic (exact) mass is 255 g/mol. The van der Waals surface area contributed by atoms with E-state index in [2.05, 4.69) is 0 Å². The second kappa shape index (κ2) is 5.91. The summed E-state index contributed by atoms with van der Waals surface area (Å²) in [6.45, 7) is 0.286. The molecule has 1 rings (SSSR count). The van der Waals surface area contributed by atoms with Crippen LogP contribution in [0.25, 0.3) is 0 Å². The number of hydrogen-bond acceptors (Lipinski definition) is 4. The molecule has 0 amide bonds. The van der Waals surface area contributed by atoms with Crippen molar-refractivity contribution in [3.63, 3.8) is 0 Å². The van der Waals surface area contributed by atoms with Crippen LogP contribution in [0.5, 0.6) is 0 Å². The predicted octanol–water partition coefficient (Wildman–Crippen LogP) is 2.88. The molecule has 0 radical (unpaired) electrons. The zero-order valence-corrected chi connectivity index (χ0v) is 9.64. The number of non-ortho nitro benzene ring substituents is 1. The highest BCUT2D eigenvalue weighted by atomic mass is 19.3. The minimum absolute atomic E-state index is 0.191. The molecule has 0 saturated carbocycles. The number of halogens is 2. The Morgan fingerprint density at radius 1 is 1.56 bits per heavy atom. The molecule has 0 atom stereocenters. The molecule has 5 nitrogen and oxygen atoms in total. The van der Waals surface area contributed by atoms with Gasteiger partial charge in [-0.1, -0.05) is 0 Å². The van der Waals surface area contributed by atoms with E-state index in [1.807, 2.05) is 6.07 Å². The molecule has 7 heteroatoms. The lowest BCUT2D eigenvalue weighted by atomic mass is 10.1. The Hall–Kier alpha value is -2.23. The molecule has 0 unspecified atom stereocenters. The van der Waals surface area contributed by atoms with E-state index in [1.165, 1.54) is 17.0 Å². The molecule has 0 fully saturated rings. The van der Waals surface area contributed by atoms with Crippen molar-refractivity contribution in [3.8, 4) is 6.07 Å². The molecule has 0 N–H and O–H groups in total. The van der Waals surface area contributed by atoms with Crippen molar-refractivity contribution in [2.24, 2.45) is 0 Å². The Labute approximate surface area is 102 Å². The van der Waals surface area contributed by atoms with Crippen LogP contribution in [0.3, 0.4) is 0 Å². The van der Waals surface area contributed by atoms with Gasteiger partial charge in [0, 0.05) is 37.0 Å². The summed E-state index contributed by atoms with van der Waals surface area (Å²) in [5.74, 6) is 0. The van der Waals surface area contributed by atoms with Crippen LogP contribution in [0.2, 0.25) is 0 Å². The molecule has 1 aromatic rings. The average Bonchev–Trinajstić information content (AvgIpc) is 2.34. The Morgan fingerprint density at radius 3 is 2.72 bits per heavy atom. The fourth-order valence-electron chi connectivity index (χ4n) is 1.52. The first kappa shape index (κ1) is 13.8. The number of alkyl halides is 2. The van der Waals surface area contributed by atoms with E-state index in [-0.39, 0.29) is 24.3 Å². The number of nitro groups is 1. The van der Waals surface area contributed by atoms with Gasteiger partial charge in [-0.2, -0.15) is 5.26 Å². The third-order valence-corrected chi connectivity index (χ3v) is 2.43.